The van der Waals surface area contributed by atoms with Gasteiger partial charge in [0.25, 0.3) is 0 Å². The van der Waals surface area contributed by atoms with Gasteiger partial charge in [0, 0.05) is 12.3 Å². The Morgan fingerprint density at radius 1 is 1.24 bits per heavy atom. The number of methoxy groups -OCH3 is 1. The number of aliphatic carboxylic acids is 1. The number of amides is 1. The van der Waals surface area contributed by atoms with Crippen LogP contribution in [-0.4, -0.2) is 47.4 Å². The van der Waals surface area contributed by atoms with Gasteiger partial charge in [-0.3, -0.25) is 4.79 Å². The fraction of sp³-hybridized carbons (Fsp3) is 0.360. The number of rotatable bonds is 11. The predicted molar refractivity (Wildman–Crippen MR) is 124 cm³/mol. The number of carboxylic acids is 1. The van der Waals surface area contributed by atoms with Gasteiger partial charge in [0.2, 0.25) is 5.91 Å². The van der Waals surface area contributed by atoms with Gasteiger partial charge in [0.15, 0.2) is 0 Å². The number of hydrogen-bond donors (Lipinski definition) is 3. The van der Waals surface area contributed by atoms with Crippen LogP contribution in [-0.2, 0) is 20.7 Å². The Hall–Kier alpha value is -2.87. The number of nitrogens with one attached hydrogen (secondary N) is 1. The third-order valence-corrected chi connectivity index (χ3v) is 5.99. The van der Waals surface area contributed by atoms with E-state index in [1.807, 2.05) is 37.3 Å². The highest BCUT2D eigenvalue weighted by Crippen LogP contribution is 2.44. The first-order valence-electron chi connectivity index (χ1n) is 10.7. The van der Waals surface area contributed by atoms with Crippen LogP contribution in [0.4, 0.5) is 0 Å². The van der Waals surface area contributed by atoms with Crippen molar-refractivity contribution in [1.82, 2.24) is 5.32 Å². The number of carboxylic acid groups (broad SMARTS) is 1. The van der Waals surface area contributed by atoms with Crippen molar-refractivity contribution in [3.8, 4) is 5.75 Å². The molecule has 2 aromatic carbocycles. The molecule has 8 heteroatoms. The van der Waals surface area contributed by atoms with Crippen molar-refractivity contribution in [3.63, 3.8) is 0 Å². The number of aliphatic hydroxyl groups excluding tert-OH is 1. The van der Waals surface area contributed by atoms with Crippen LogP contribution < -0.4 is 10.1 Å². The lowest BCUT2D eigenvalue weighted by Gasteiger charge is -2.16. The highest BCUT2D eigenvalue weighted by molar-refractivity contribution is 6.32. The summed E-state index contributed by atoms with van der Waals surface area (Å²) in [5.41, 5.74) is 1.73. The molecule has 1 aliphatic rings. The molecular formula is C25H28ClNO6. The molecule has 1 heterocycles. The van der Waals surface area contributed by atoms with E-state index >= 15 is 0 Å². The minimum atomic E-state index is -1.16. The third-order valence-electron chi connectivity index (χ3n) is 5.70. The van der Waals surface area contributed by atoms with E-state index in [2.05, 4.69) is 5.32 Å². The van der Waals surface area contributed by atoms with E-state index in [4.69, 9.17) is 21.1 Å². The van der Waals surface area contributed by atoms with Crippen LogP contribution in [0.5, 0.6) is 5.75 Å². The summed E-state index contributed by atoms with van der Waals surface area (Å²) in [6.07, 6.45) is 2.32. The van der Waals surface area contributed by atoms with Crippen molar-refractivity contribution in [2.45, 2.75) is 44.1 Å². The van der Waals surface area contributed by atoms with Crippen molar-refractivity contribution in [2.75, 3.05) is 7.11 Å². The molecule has 0 aromatic heterocycles. The smallest absolute Gasteiger partial charge is 0.326 e. The molecule has 176 valence electrons. The number of benzene rings is 2. The van der Waals surface area contributed by atoms with Crippen LogP contribution in [0.25, 0.3) is 0 Å². The van der Waals surface area contributed by atoms with Crippen molar-refractivity contribution < 1.29 is 29.3 Å². The lowest BCUT2D eigenvalue weighted by Crippen LogP contribution is -2.41. The second-order valence-electron chi connectivity index (χ2n) is 8.07. The summed E-state index contributed by atoms with van der Waals surface area (Å²) in [4.78, 5) is 23.8. The van der Waals surface area contributed by atoms with Gasteiger partial charge >= 0.3 is 5.97 Å². The zero-order valence-electron chi connectivity index (χ0n) is 18.5. The van der Waals surface area contributed by atoms with Gasteiger partial charge in [-0.1, -0.05) is 61.0 Å². The van der Waals surface area contributed by atoms with Gasteiger partial charge < -0.3 is 25.0 Å². The summed E-state index contributed by atoms with van der Waals surface area (Å²) in [6.45, 7) is 1.91. The number of carbonyl (C=O) groups excluding carboxylic acids is 1. The Morgan fingerprint density at radius 3 is 2.61 bits per heavy atom. The number of hydrogen-bond acceptors (Lipinski definition) is 5. The van der Waals surface area contributed by atoms with E-state index in [9.17, 15) is 19.8 Å². The average Bonchev–Trinajstić information content (AvgIpc) is 3.59. The van der Waals surface area contributed by atoms with Crippen LogP contribution in [0.15, 0.2) is 60.7 Å². The molecule has 7 nitrogen and oxygen atoms in total. The van der Waals surface area contributed by atoms with E-state index in [1.165, 1.54) is 13.2 Å². The van der Waals surface area contributed by atoms with E-state index < -0.39 is 24.0 Å². The summed E-state index contributed by atoms with van der Waals surface area (Å²) >= 11 is 6.09. The summed E-state index contributed by atoms with van der Waals surface area (Å²) in [5.74, 6) is -1.34. The number of halogens is 1. The topological polar surface area (TPSA) is 108 Å². The fourth-order valence-corrected chi connectivity index (χ4v) is 3.96. The maximum atomic E-state index is 12.2. The standard InChI is InChI=1S/C25H28ClNO6/c1-15(23-24(33-23)17-7-4-3-5-8-17)20(28)9-6-10-22(29)27-19(25(30)31)14-16-11-12-21(32-2)18(26)13-16/h3-8,10-13,15,19-20,23-24,28H,9,14H2,1-2H3,(H,27,29)(H,30,31)/b10-6+/t15-,19+,20-,23+,24+/m0/s1. The van der Waals surface area contributed by atoms with E-state index in [0.717, 1.165) is 5.56 Å². The molecule has 1 aliphatic heterocycles. The first kappa shape index (κ1) is 24.8. The minimum absolute atomic E-state index is 0.0223. The van der Waals surface area contributed by atoms with Gasteiger partial charge in [0.1, 0.15) is 17.9 Å². The van der Waals surface area contributed by atoms with E-state index in [-0.39, 0.29) is 31.0 Å². The molecule has 2 aromatic rings. The molecule has 0 unspecified atom stereocenters. The van der Waals surface area contributed by atoms with Crippen molar-refractivity contribution >= 4 is 23.5 Å². The Morgan fingerprint density at radius 2 is 1.97 bits per heavy atom. The molecule has 1 saturated heterocycles. The number of ether oxygens (including phenoxy) is 2. The predicted octanol–water partition coefficient (Wildman–Crippen LogP) is 3.54. The highest BCUT2D eigenvalue weighted by Gasteiger charge is 2.45. The number of epoxide rings is 1. The summed E-state index contributed by atoms with van der Waals surface area (Å²) < 4.78 is 10.8. The molecule has 3 N–H and O–H groups in total. The maximum absolute atomic E-state index is 12.2. The quantitative estimate of drug-likeness (QED) is 0.340. The monoisotopic (exact) mass is 473 g/mol. The molecular weight excluding hydrogens is 446 g/mol. The molecule has 0 spiro atoms. The Balaban J connectivity index is 1.48. The second-order valence-corrected chi connectivity index (χ2v) is 8.48. The fourth-order valence-electron chi connectivity index (χ4n) is 3.68. The molecule has 5 atom stereocenters. The first-order chi connectivity index (χ1) is 15.8. The van der Waals surface area contributed by atoms with Crippen LogP contribution in [0.3, 0.4) is 0 Å². The minimum Gasteiger partial charge on any atom is -0.495 e. The molecule has 0 bridgehead atoms. The maximum Gasteiger partial charge on any atom is 0.326 e. The van der Waals surface area contributed by atoms with Crippen molar-refractivity contribution in [2.24, 2.45) is 5.92 Å². The second kappa shape index (κ2) is 11.3. The molecule has 0 aliphatic carbocycles. The van der Waals surface area contributed by atoms with Gasteiger partial charge in [-0.25, -0.2) is 4.79 Å². The largest absolute Gasteiger partial charge is 0.495 e. The van der Waals surface area contributed by atoms with Gasteiger partial charge in [-0.2, -0.15) is 0 Å². The number of aliphatic hydroxyl groups is 1. The lowest BCUT2D eigenvalue weighted by atomic mass is 9.94. The van der Waals surface area contributed by atoms with Gasteiger partial charge in [-0.15, -0.1) is 0 Å². The average molecular weight is 474 g/mol. The van der Waals surface area contributed by atoms with Crippen molar-refractivity contribution in [3.05, 3.63) is 76.8 Å². The van der Waals surface area contributed by atoms with Crippen LogP contribution >= 0.6 is 11.6 Å². The van der Waals surface area contributed by atoms with Crippen LogP contribution in [0.1, 0.15) is 30.6 Å². The first-order valence-corrected chi connectivity index (χ1v) is 11.1. The van der Waals surface area contributed by atoms with E-state index in [0.29, 0.717) is 16.3 Å². The Bertz CT molecular complexity index is 996. The Kier molecular flexibility index (Phi) is 8.49. The normalized spacial score (nSPS) is 20.1. The van der Waals surface area contributed by atoms with Gasteiger partial charge in [0.05, 0.1) is 24.3 Å². The number of carbonyl (C=O) groups is 2. The van der Waals surface area contributed by atoms with Crippen LogP contribution in [0.2, 0.25) is 5.02 Å². The third kappa shape index (κ3) is 6.81. The van der Waals surface area contributed by atoms with Gasteiger partial charge in [-0.05, 0) is 35.8 Å². The zero-order chi connectivity index (χ0) is 24.0. The summed E-state index contributed by atoms with van der Waals surface area (Å²) in [6, 6.07) is 13.7. The van der Waals surface area contributed by atoms with Crippen LogP contribution in [0, 0.1) is 5.92 Å². The zero-order valence-corrected chi connectivity index (χ0v) is 19.2. The SMILES string of the molecule is COc1ccc(C[C@@H](NC(=O)/C=C/C[C@H](O)[C@H](C)[C@H]2O[C@@H]2c2ccccc2)C(=O)O)cc1Cl. The molecule has 1 fully saturated rings. The molecule has 0 radical (unpaired) electrons. The molecule has 33 heavy (non-hydrogen) atoms. The van der Waals surface area contributed by atoms with E-state index in [1.54, 1.807) is 24.3 Å². The molecule has 0 saturated carbocycles. The molecule has 3 rings (SSSR count). The summed E-state index contributed by atoms with van der Waals surface area (Å²) in [5, 5.41) is 22.8. The summed E-state index contributed by atoms with van der Waals surface area (Å²) in [7, 11) is 1.49. The lowest BCUT2D eigenvalue weighted by molar-refractivity contribution is -0.141. The Labute approximate surface area is 198 Å². The highest BCUT2D eigenvalue weighted by atomic mass is 35.5. The molecule has 1 amide bonds. The van der Waals surface area contributed by atoms with Crippen molar-refractivity contribution in [1.29, 1.82) is 0 Å².